The van der Waals surface area contributed by atoms with Crippen LogP contribution in [0, 0.1) is 5.92 Å². The average molecular weight is 568 g/mol. The summed E-state index contributed by atoms with van der Waals surface area (Å²) in [6.45, 7) is 6.69. The number of nitrogens with zero attached hydrogens (tertiary/aromatic N) is 5. The molecule has 9 nitrogen and oxygen atoms in total. The van der Waals surface area contributed by atoms with Gasteiger partial charge in [-0.25, -0.2) is 4.98 Å². The van der Waals surface area contributed by atoms with Crippen LogP contribution in [0.15, 0.2) is 41.3 Å². The summed E-state index contributed by atoms with van der Waals surface area (Å²) in [7, 11) is 0. The molecule has 4 heterocycles. The standard InChI is InChI=1S/C30H38ClN5O4/c1-3-5-6-16-35-26(18-27(37)36-20-24(32-30(35)36)21-11-13-23(31)14-12-21)34-17-8-10-25(34)28(38)33-15-7-9-22(19-33)29(39)40-4-2/h11-14,18,20,22,25H,3-10,15-17,19H2,1-2H3/t22-,25+/m1/s1. The van der Waals surface area contributed by atoms with Crippen LogP contribution >= 0.6 is 11.6 Å². The second-order valence-electron chi connectivity index (χ2n) is 10.7. The number of benzene rings is 1. The van der Waals surface area contributed by atoms with Crippen LogP contribution in [0.1, 0.15) is 58.8 Å². The van der Waals surface area contributed by atoms with Gasteiger partial charge in [-0.15, -0.1) is 0 Å². The number of esters is 1. The van der Waals surface area contributed by atoms with Crippen LogP contribution in [-0.2, 0) is 20.9 Å². The Hall–Kier alpha value is -3.33. The molecule has 0 radical (unpaired) electrons. The molecule has 5 rings (SSSR count). The first kappa shape index (κ1) is 28.2. The summed E-state index contributed by atoms with van der Waals surface area (Å²) in [5.41, 5.74) is 1.40. The van der Waals surface area contributed by atoms with Gasteiger partial charge in [0.15, 0.2) is 0 Å². The molecule has 0 spiro atoms. The molecule has 0 aliphatic carbocycles. The van der Waals surface area contributed by atoms with Gasteiger partial charge in [-0.3, -0.25) is 23.4 Å². The summed E-state index contributed by atoms with van der Waals surface area (Å²) in [6.07, 6.45) is 7.90. The first-order valence-corrected chi connectivity index (χ1v) is 14.9. The van der Waals surface area contributed by atoms with E-state index >= 15 is 0 Å². The maximum Gasteiger partial charge on any atom is 0.310 e. The lowest BCUT2D eigenvalue weighted by Gasteiger charge is -2.36. The number of hydrogen-bond acceptors (Lipinski definition) is 6. The highest BCUT2D eigenvalue weighted by molar-refractivity contribution is 6.30. The Bertz CT molecular complexity index is 1420. The smallest absolute Gasteiger partial charge is 0.310 e. The third-order valence-electron chi connectivity index (χ3n) is 8.01. The van der Waals surface area contributed by atoms with Crippen molar-refractivity contribution < 1.29 is 14.3 Å². The van der Waals surface area contributed by atoms with Crippen LogP contribution in [-0.4, -0.2) is 63.0 Å². The van der Waals surface area contributed by atoms with Crippen molar-refractivity contribution in [3.05, 3.63) is 51.9 Å². The Morgan fingerprint density at radius 3 is 2.60 bits per heavy atom. The fourth-order valence-electron chi connectivity index (χ4n) is 5.95. The number of anilines is 1. The summed E-state index contributed by atoms with van der Waals surface area (Å²) in [5.74, 6) is 0.810. The van der Waals surface area contributed by atoms with E-state index in [1.165, 1.54) is 0 Å². The highest BCUT2D eigenvalue weighted by atomic mass is 35.5. The van der Waals surface area contributed by atoms with Crippen LogP contribution < -0.4 is 10.5 Å². The molecule has 2 fully saturated rings. The molecule has 2 aliphatic rings. The summed E-state index contributed by atoms with van der Waals surface area (Å²) in [5, 5.41) is 0.640. The maximum absolute atomic E-state index is 13.9. The molecule has 2 aromatic heterocycles. The number of piperidine rings is 1. The molecule has 0 bridgehead atoms. The molecule has 0 unspecified atom stereocenters. The summed E-state index contributed by atoms with van der Waals surface area (Å²) < 4.78 is 8.94. The summed E-state index contributed by atoms with van der Waals surface area (Å²) in [6, 6.07) is 8.68. The van der Waals surface area contributed by atoms with E-state index in [2.05, 4.69) is 16.4 Å². The van der Waals surface area contributed by atoms with E-state index < -0.39 is 0 Å². The molecule has 0 saturated carbocycles. The van der Waals surface area contributed by atoms with Gasteiger partial charge in [0.25, 0.3) is 5.56 Å². The third-order valence-corrected chi connectivity index (χ3v) is 8.26. The van der Waals surface area contributed by atoms with Gasteiger partial charge in [0.05, 0.1) is 18.2 Å². The number of imidazole rings is 1. The number of fused-ring (bicyclic) bond motifs is 1. The van der Waals surface area contributed by atoms with Gasteiger partial charge in [0, 0.05) is 49.0 Å². The van der Waals surface area contributed by atoms with Gasteiger partial charge < -0.3 is 14.5 Å². The lowest BCUT2D eigenvalue weighted by atomic mass is 9.97. The largest absolute Gasteiger partial charge is 0.466 e. The van der Waals surface area contributed by atoms with Crippen molar-refractivity contribution in [1.82, 2.24) is 18.9 Å². The number of likely N-dealkylation sites (tertiary alicyclic amines) is 1. The van der Waals surface area contributed by atoms with Crippen LogP contribution in [0.25, 0.3) is 17.0 Å². The van der Waals surface area contributed by atoms with Gasteiger partial charge >= 0.3 is 5.97 Å². The van der Waals surface area contributed by atoms with Gasteiger partial charge in [-0.2, -0.15) is 0 Å². The van der Waals surface area contributed by atoms with Gasteiger partial charge in [-0.05, 0) is 51.2 Å². The summed E-state index contributed by atoms with van der Waals surface area (Å²) >= 11 is 6.09. The number of amides is 1. The molecule has 3 aromatic rings. The third kappa shape index (κ3) is 5.75. The number of rotatable bonds is 9. The van der Waals surface area contributed by atoms with E-state index in [0.29, 0.717) is 55.7 Å². The number of carbonyl (C=O) groups is 2. The van der Waals surface area contributed by atoms with Crippen molar-refractivity contribution in [3.8, 4) is 11.3 Å². The predicted molar refractivity (Wildman–Crippen MR) is 156 cm³/mol. The molecule has 10 heteroatoms. The number of halogens is 1. The lowest BCUT2D eigenvalue weighted by Crippen LogP contribution is -2.51. The fourth-order valence-corrected chi connectivity index (χ4v) is 6.08. The van der Waals surface area contributed by atoms with E-state index in [-0.39, 0.29) is 29.4 Å². The number of ether oxygens (including phenoxy) is 1. The number of aromatic nitrogens is 3. The molecule has 40 heavy (non-hydrogen) atoms. The quantitative estimate of drug-likeness (QED) is 0.273. The summed E-state index contributed by atoms with van der Waals surface area (Å²) in [4.78, 5) is 48.5. The molecule has 2 aliphatic heterocycles. The minimum absolute atomic E-state index is 0.0177. The zero-order valence-corrected chi connectivity index (χ0v) is 24.1. The molecular weight excluding hydrogens is 530 g/mol. The molecule has 1 aromatic carbocycles. The van der Waals surface area contributed by atoms with E-state index in [1.54, 1.807) is 23.6 Å². The Morgan fingerprint density at radius 2 is 1.85 bits per heavy atom. The number of unbranched alkanes of at least 4 members (excludes halogenated alkanes) is 2. The minimum atomic E-state index is -0.383. The topological polar surface area (TPSA) is 89.1 Å². The first-order chi connectivity index (χ1) is 19.4. The number of aryl methyl sites for hydroxylation is 1. The van der Waals surface area contributed by atoms with Crippen LogP contribution in [0.4, 0.5) is 5.82 Å². The monoisotopic (exact) mass is 567 g/mol. The van der Waals surface area contributed by atoms with Crippen LogP contribution in [0.5, 0.6) is 0 Å². The van der Waals surface area contributed by atoms with Crippen molar-refractivity contribution >= 4 is 35.1 Å². The van der Waals surface area contributed by atoms with Crippen molar-refractivity contribution in [1.29, 1.82) is 0 Å². The number of hydrogen-bond donors (Lipinski definition) is 0. The minimum Gasteiger partial charge on any atom is -0.466 e. The predicted octanol–water partition coefficient (Wildman–Crippen LogP) is 4.78. The maximum atomic E-state index is 13.9. The molecule has 2 saturated heterocycles. The Morgan fingerprint density at radius 1 is 1.07 bits per heavy atom. The highest BCUT2D eigenvalue weighted by Gasteiger charge is 2.38. The number of carbonyl (C=O) groups excluding carboxylic acids is 2. The molecular formula is C30H38ClN5O4. The van der Waals surface area contributed by atoms with E-state index in [9.17, 15) is 14.4 Å². The van der Waals surface area contributed by atoms with Crippen molar-refractivity contribution in [2.24, 2.45) is 5.92 Å². The van der Waals surface area contributed by atoms with Crippen molar-refractivity contribution in [3.63, 3.8) is 0 Å². The van der Waals surface area contributed by atoms with E-state index in [0.717, 1.165) is 49.9 Å². The Balaban J connectivity index is 1.49. The SMILES string of the molecule is CCCCCn1c(N2CCC[C@H]2C(=O)N2CCC[C@@H](C(=O)OCC)C2)cc(=O)n2cc(-c3ccc(Cl)cc3)nc12. The van der Waals surface area contributed by atoms with Crippen molar-refractivity contribution in [2.75, 3.05) is 31.1 Å². The molecule has 214 valence electrons. The second kappa shape index (κ2) is 12.5. The highest BCUT2D eigenvalue weighted by Crippen LogP contribution is 2.30. The first-order valence-electron chi connectivity index (χ1n) is 14.5. The Kier molecular flexibility index (Phi) is 8.78. The second-order valence-corrected chi connectivity index (χ2v) is 11.2. The van der Waals surface area contributed by atoms with E-state index in [1.807, 2.05) is 29.2 Å². The zero-order chi connectivity index (χ0) is 28.2. The van der Waals surface area contributed by atoms with Crippen LogP contribution in [0.2, 0.25) is 5.02 Å². The lowest BCUT2D eigenvalue weighted by molar-refractivity contribution is -0.151. The van der Waals surface area contributed by atoms with Gasteiger partial charge in [0.1, 0.15) is 11.9 Å². The molecule has 2 atom stereocenters. The average Bonchev–Trinajstić information content (AvgIpc) is 3.63. The van der Waals surface area contributed by atoms with Crippen LogP contribution in [0.3, 0.4) is 0 Å². The fraction of sp³-hybridized carbons (Fsp3) is 0.533. The van der Waals surface area contributed by atoms with Gasteiger partial charge in [-0.1, -0.05) is 43.5 Å². The zero-order valence-electron chi connectivity index (χ0n) is 23.4. The molecule has 1 amide bonds. The van der Waals surface area contributed by atoms with E-state index in [4.69, 9.17) is 21.3 Å². The van der Waals surface area contributed by atoms with Crippen molar-refractivity contribution in [2.45, 2.75) is 71.4 Å². The van der Waals surface area contributed by atoms with Gasteiger partial charge in [0.2, 0.25) is 11.7 Å². The Labute approximate surface area is 239 Å². The molecule has 0 N–H and O–H groups in total. The normalized spacial score (nSPS) is 19.4.